The van der Waals surface area contributed by atoms with Crippen molar-refractivity contribution >= 4 is 16.5 Å². The lowest BCUT2D eigenvalue weighted by Gasteiger charge is -2.06. The standard InChI is InChI=1S/C18H34N3O3S.ClH/c1-4-5-6-7-8-9-10-11-12-13-14-20-15-18(16-22)21(17-20)25(23,24)19(2)3;/h15-17H,4-14H2,1-3H3;1H/q+1;/p-1. The number of carbonyl (C=O) groups excluding carboxylic acids is 1. The summed E-state index contributed by atoms with van der Waals surface area (Å²) in [5.74, 6) is 0. The van der Waals surface area contributed by atoms with Gasteiger partial charge in [-0.1, -0.05) is 58.3 Å². The Hall–Kier alpha value is -0.920. The fourth-order valence-electron chi connectivity index (χ4n) is 2.82. The van der Waals surface area contributed by atoms with Gasteiger partial charge in [0.2, 0.25) is 5.69 Å². The molecular weight excluding hydrogens is 374 g/mol. The predicted molar refractivity (Wildman–Crippen MR) is 99.9 cm³/mol. The summed E-state index contributed by atoms with van der Waals surface area (Å²) in [6.07, 6.45) is 16.3. The summed E-state index contributed by atoms with van der Waals surface area (Å²) in [6.45, 7) is 2.97. The van der Waals surface area contributed by atoms with Gasteiger partial charge in [0.05, 0.1) is 6.54 Å². The van der Waals surface area contributed by atoms with Gasteiger partial charge in [-0.15, -0.1) is 3.97 Å². The molecule has 152 valence electrons. The van der Waals surface area contributed by atoms with E-state index in [1.807, 2.05) is 0 Å². The Morgan fingerprint density at radius 2 is 1.50 bits per heavy atom. The number of imidazole rings is 1. The molecule has 1 heterocycles. The molecule has 0 spiro atoms. The summed E-state index contributed by atoms with van der Waals surface area (Å²) >= 11 is 0. The highest BCUT2D eigenvalue weighted by Crippen LogP contribution is 2.10. The molecule has 0 aliphatic rings. The first-order chi connectivity index (χ1) is 11.9. The van der Waals surface area contributed by atoms with E-state index in [0.717, 1.165) is 27.7 Å². The monoisotopic (exact) mass is 407 g/mol. The molecule has 0 aromatic carbocycles. The first-order valence-electron chi connectivity index (χ1n) is 9.43. The first-order valence-corrected chi connectivity index (χ1v) is 10.8. The second-order valence-corrected chi connectivity index (χ2v) is 8.81. The fourth-order valence-corrected chi connectivity index (χ4v) is 3.77. The number of aldehydes is 1. The van der Waals surface area contributed by atoms with Gasteiger partial charge in [0.15, 0.2) is 6.29 Å². The molecular formula is C18H34ClN3O3S. The smallest absolute Gasteiger partial charge is 0.379 e. The van der Waals surface area contributed by atoms with Crippen LogP contribution in [0, 0.1) is 0 Å². The maximum atomic E-state index is 12.2. The number of unbranched alkanes of at least 4 members (excludes halogenated alkanes) is 9. The third-order valence-electron chi connectivity index (χ3n) is 4.41. The lowest BCUT2D eigenvalue weighted by Crippen LogP contribution is -3.00. The molecule has 0 atom stereocenters. The molecule has 0 bridgehead atoms. The Balaban J connectivity index is 0.00000625. The van der Waals surface area contributed by atoms with E-state index in [0.29, 0.717) is 6.29 Å². The first kappa shape index (κ1) is 25.1. The fraction of sp³-hybridized carbons (Fsp3) is 0.778. The molecule has 0 aliphatic heterocycles. The van der Waals surface area contributed by atoms with Crippen LogP contribution in [0.4, 0.5) is 0 Å². The zero-order valence-corrected chi connectivity index (χ0v) is 17.9. The third-order valence-corrected chi connectivity index (χ3v) is 6.13. The average molecular weight is 408 g/mol. The van der Waals surface area contributed by atoms with Gasteiger partial charge in [0, 0.05) is 14.1 Å². The molecule has 8 heteroatoms. The van der Waals surface area contributed by atoms with Gasteiger partial charge < -0.3 is 12.4 Å². The van der Waals surface area contributed by atoms with Gasteiger partial charge in [-0.25, -0.2) is 4.57 Å². The van der Waals surface area contributed by atoms with E-state index in [1.165, 1.54) is 71.8 Å². The number of hydrogen-bond acceptors (Lipinski definition) is 3. The Bertz CT molecular complexity index is 615. The van der Waals surface area contributed by atoms with Gasteiger partial charge in [0.1, 0.15) is 6.20 Å². The third kappa shape index (κ3) is 8.18. The van der Waals surface area contributed by atoms with Crippen molar-refractivity contribution in [1.82, 2.24) is 8.28 Å². The SMILES string of the molecule is CCCCCCCCCCCC[n+]1cc(C=O)n(S(=O)(=O)N(C)C)c1.[Cl-]. The maximum Gasteiger partial charge on any atom is 0.379 e. The zero-order valence-electron chi connectivity index (χ0n) is 16.4. The molecule has 0 radical (unpaired) electrons. The number of halogens is 1. The van der Waals surface area contributed by atoms with Crippen LogP contribution >= 0.6 is 0 Å². The summed E-state index contributed by atoms with van der Waals surface area (Å²) in [7, 11) is -0.744. The Morgan fingerprint density at radius 1 is 1.00 bits per heavy atom. The Morgan fingerprint density at radius 3 is 1.96 bits per heavy atom. The zero-order chi connectivity index (χ0) is 18.7. The van der Waals surface area contributed by atoms with Crippen molar-refractivity contribution < 1.29 is 30.2 Å². The lowest BCUT2D eigenvalue weighted by molar-refractivity contribution is -0.696. The second-order valence-electron chi connectivity index (χ2n) is 6.79. The van der Waals surface area contributed by atoms with Crippen LogP contribution in [0.5, 0.6) is 0 Å². The van der Waals surface area contributed by atoms with Crippen LogP contribution < -0.4 is 17.0 Å². The second kappa shape index (κ2) is 13.3. The van der Waals surface area contributed by atoms with Crippen LogP contribution in [0.1, 0.15) is 81.6 Å². The molecule has 1 rings (SSSR count). The van der Waals surface area contributed by atoms with Gasteiger partial charge in [-0.05, 0) is 12.8 Å². The Labute approximate surface area is 165 Å². The minimum Gasteiger partial charge on any atom is -1.00 e. The van der Waals surface area contributed by atoms with E-state index in [2.05, 4.69) is 6.92 Å². The Kier molecular flexibility index (Phi) is 12.8. The molecule has 0 saturated heterocycles. The summed E-state index contributed by atoms with van der Waals surface area (Å²) in [4.78, 5) is 11.1. The van der Waals surface area contributed by atoms with Crippen molar-refractivity contribution in [2.75, 3.05) is 14.1 Å². The molecule has 0 aliphatic carbocycles. The van der Waals surface area contributed by atoms with E-state index >= 15 is 0 Å². The van der Waals surface area contributed by atoms with Gasteiger partial charge >= 0.3 is 10.2 Å². The number of hydrogen-bond donors (Lipinski definition) is 0. The normalized spacial score (nSPS) is 11.5. The molecule has 0 N–H and O–H groups in total. The van der Waals surface area contributed by atoms with Crippen molar-refractivity contribution in [2.24, 2.45) is 0 Å². The van der Waals surface area contributed by atoms with E-state index < -0.39 is 10.2 Å². The minimum atomic E-state index is -3.65. The number of nitrogens with zero attached hydrogens (tertiary/aromatic N) is 3. The summed E-state index contributed by atoms with van der Waals surface area (Å²) in [5, 5.41) is 0. The quantitative estimate of drug-likeness (QED) is 0.251. The molecule has 0 unspecified atom stereocenters. The summed E-state index contributed by atoms with van der Waals surface area (Å²) < 4.78 is 28.3. The number of rotatable bonds is 14. The maximum absolute atomic E-state index is 12.2. The van der Waals surface area contributed by atoms with E-state index in [9.17, 15) is 13.2 Å². The molecule has 0 amide bonds. The number of aromatic nitrogens is 2. The van der Waals surface area contributed by atoms with Crippen LogP contribution in [-0.2, 0) is 16.8 Å². The van der Waals surface area contributed by atoms with Crippen molar-refractivity contribution in [3.63, 3.8) is 0 Å². The molecule has 26 heavy (non-hydrogen) atoms. The van der Waals surface area contributed by atoms with Crippen LogP contribution in [0.15, 0.2) is 12.5 Å². The molecule has 6 nitrogen and oxygen atoms in total. The van der Waals surface area contributed by atoms with E-state index in [1.54, 1.807) is 10.8 Å². The van der Waals surface area contributed by atoms with Crippen LogP contribution in [0.3, 0.4) is 0 Å². The summed E-state index contributed by atoms with van der Waals surface area (Å²) in [6, 6.07) is 0. The minimum absolute atomic E-state index is 0. The average Bonchev–Trinajstić information content (AvgIpc) is 3.00. The van der Waals surface area contributed by atoms with Crippen LogP contribution in [0.2, 0.25) is 0 Å². The number of carbonyl (C=O) groups is 1. The molecule has 1 aromatic heterocycles. The molecule has 0 saturated carbocycles. The van der Waals surface area contributed by atoms with Crippen LogP contribution in [-0.4, -0.2) is 37.1 Å². The highest BCUT2D eigenvalue weighted by molar-refractivity contribution is 7.87. The lowest BCUT2D eigenvalue weighted by atomic mass is 10.1. The van der Waals surface area contributed by atoms with Crippen molar-refractivity contribution in [2.45, 2.75) is 77.7 Å². The predicted octanol–water partition coefficient (Wildman–Crippen LogP) is 0.168. The van der Waals surface area contributed by atoms with Crippen molar-refractivity contribution in [1.29, 1.82) is 0 Å². The highest BCUT2D eigenvalue weighted by Gasteiger charge is 2.27. The van der Waals surface area contributed by atoms with Crippen LogP contribution in [0.25, 0.3) is 0 Å². The largest absolute Gasteiger partial charge is 1.00 e. The van der Waals surface area contributed by atoms with E-state index in [4.69, 9.17) is 0 Å². The van der Waals surface area contributed by atoms with E-state index in [-0.39, 0.29) is 18.1 Å². The number of aryl methyl sites for hydroxylation is 1. The molecule has 0 fully saturated rings. The van der Waals surface area contributed by atoms with Crippen molar-refractivity contribution in [3.05, 3.63) is 18.2 Å². The van der Waals surface area contributed by atoms with Gasteiger partial charge in [0.25, 0.3) is 6.33 Å². The van der Waals surface area contributed by atoms with Gasteiger partial charge in [-0.3, -0.25) is 4.79 Å². The topological polar surface area (TPSA) is 63.3 Å². The highest BCUT2D eigenvalue weighted by atomic mass is 35.5. The van der Waals surface area contributed by atoms with Gasteiger partial charge in [-0.2, -0.15) is 12.7 Å². The van der Waals surface area contributed by atoms with Crippen molar-refractivity contribution in [3.8, 4) is 0 Å². The summed E-state index contributed by atoms with van der Waals surface area (Å²) in [5.41, 5.74) is 0.153. The molecule has 1 aromatic rings.